The maximum Gasteiger partial charge on any atom is 0.306 e. The van der Waals surface area contributed by atoms with E-state index in [0.717, 1.165) is 64.2 Å². The molecule has 0 saturated heterocycles. The summed E-state index contributed by atoms with van der Waals surface area (Å²) in [6.07, 6.45) is 58.7. The number of hydrogen-bond acceptors (Lipinski definition) is 5. The average Bonchev–Trinajstić information content (AvgIpc) is 3.22. The number of ether oxygens (including phenoxy) is 3. The van der Waals surface area contributed by atoms with Gasteiger partial charge in [0.25, 0.3) is 0 Å². The molecule has 340 valence electrons. The first-order valence-electron chi connectivity index (χ1n) is 25.5. The molecule has 0 aliphatic carbocycles. The van der Waals surface area contributed by atoms with Gasteiger partial charge in [-0.3, -0.25) is 9.59 Å². The van der Waals surface area contributed by atoms with E-state index in [1.165, 1.54) is 167 Å². The van der Waals surface area contributed by atoms with Crippen LogP contribution in [0.2, 0.25) is 0 Å². The quantitative estimate of drug-likeness (QED) is 0.0348. The number of rotatable bonds is 47. The molecule has 0 aliphatic heterocycles. The lowest BCUT2D eigenvalue weighted by atomic mass is 10.0. The van der Waals surface area contributed by atoms with Gasteiger partial charge in [0.05, 0.1) is 6.61 Å². The number of esters is 2. The van der Waals surface area contributed by atoms with Crippen LogP contribution in [-0.4, -0.2) is 37.9 Å². The molecule has 0 N–H and O–H groups in total. The number of carbonyl (C=O) groups is 2. The highest BCUT2D eigenvalue weighted by atomic mass is 16.6. The van der Waals surface area contributed by atoms with Crippen molar-refractivity contribution in [2.75, 3.05) is 19.8 Å². The van der Waals surface area contributed by atoms with E-state index in [4.69, 9.17) is 14.2 Å². The van der Waals surface area contributed by atoms with Gasteiger partial charge in [-0.25, -0.2) is 0 Å². The van der Waals surface area contributed by atoms with Gasteiger partial charge in [0.2, 0.25) is 0 Å². The lowest BCUT2D eigenvalue weighted by molar-refractivity contribution is -0.163. The molecule has 0 aromatic heterocycles. The molecule has 5 heteroatoms. The van der Waals surface area contributed by atoms with Crippen LogP contribution in [0.4, 0.5) is 0 Å². The maximum absolute atomic E-state index is 12.7. The second-order valence-corrected chi connectivity index (χ2v) is 17.1. The number of allylic oxidation sites excluding steroid dienone is 6. The molecule has 0 bridgehead atoms. The van der Waals surface area contributed by atoms with Crippen LogP contribution in [0.25, 0.3) is 0 Å². The Bertz CT molecular complexity index is 924. The third kappa shape index (κ3) is 46.8. The van der Waals surface area contributed by atoms with Crippen LogP contribution in [0, 0.1) is 0 Å². The standard InChI is InChI=1S/C53H98O5/c1-4-7-10-13-16-19-21-23-25-27-28-30-32-35-37-40-43-46-52(54)57-50-51(58-53(55)47-44-41-38-34-18-15-12-9-6-3)49-56-48-45-42-39-36-33-31-29-26-24-22-20-17-14-11-8-5-2/h7,10,16,19,23,25,51H,4-6,8-9,11-15,17-18,20-22,24,26-50H2,1-3H3/b10-7-,19-16-,25-23-. The minimum absolute atomic E-state index is 0.0856. The predicted molar refractivity (Wildman–Crippen MR) is 252 cm³/mol. The first-order chi connectivity index (χ1) is 28.6. The van der Waals surface area contributed by atoms with Crippen molar-refractivity contribution in [1.82, 2.24) is 0 Å². The van der Waals surface area contributed by atoms with E-state index >= 15 is 0 Å². The lowest BCUT2D eigenvalue weighted by Gasteiger charge is -2.18. The maximum atomic E-state index is 12.7. The van der Waals surface area contributed by atoms with Gasteiger partial charge in [-0.1, -0.05) is 237 Å². The summed E-state index contributed by atoms with van der Waals surface area (Å²) in [5.41, 5.74) is 0. The first-order valence-corrected chi connectivity index (χ1v) is 25.5. The van der Waals surface area contributed by atoms with E-state index in [2.05, 4.69) is 57.2 Å². The molecular weight excluding hydrogens is 717 g/mol. The molecule has 0 radical (unpaired) electrons. The Hall–Kier alpha value is -1.88. The molecule has 58 heavy (non-hydrogen) atoms. The Labute approximate surface area is 361 Å². The van der Waals surface area contributed by atoms with Crippen LogP contribution in [0.15, 0.2) is 36.5 Å². The van der Waals surface area contributed by atoms with Crippen molar-refractivity contribution in [2.24, 2.45) is 0 Å². The highest BCUT2D eigenvalue weighted by Crippen LogP contribution is 2.15. The molecule has 1 atom stereocenters. The van der Waals surface area contributed by atoms with Crippen molar-refractivity contribution in [3.05, 3.63) is 36.5 Å². The van der Waals surface area contributed by atoms with Crippen molar-refractivity contribution in [2.45, 2.75) is 271 Å². The molecule has 5 nitrogen and oxygen atoms in total. The van der Waals surface area contributed by atoms with Gasteiger partial charge >= 0.3 is 11.9 Å². The fourth-order valence-electron chi connectivity index (χ4n) is 7.41. The van der Waals surface area contributed by atoms with Gasteiger partial charge in [0.1, 0.15) is 6.61 Å². The molecule has 0 heterocycles. The summed E-state index contributed by atoms with van der Waals surface area (Å²) in [5, 5.41) is 0. The average molecular weight is 815 g/mol. The van der Waals surface area contributed by atoms with E-state index in [0.29, 0.717) is 26.1 Å². The Morgan fingerprint density at radius 3 is 1.24 bits per heavy atom. The number of hydrogen-bond donors (Lipinski definition) is 0. The Morgan fingerprint density at radius 1 is 0.397 bits per heavy atom. The molecule has 0 aliphatic rings. The molecule has 1 unspecified atom stereocenters. The van der Waals surface area contributed by atoms with Crippen LogP contribution in [0.5, 0.6) is 0 Å². The van der Waals surface area contributed by atoms with Crippen LogP contribution in [-0.2, 0) is 23.8 Å². The summed E-state index contributed by atoms with van der Waals surface area (Å²) < 4.78 is 17.4. The van der Waals surface area contributed by atoms with E-state index in [-0.39, 0.29) is 18.5 Å². The first kappa shape index (κ1) is 56.1. The van der Waals surface area contributed by atoms with Crippen LogP contribution >= 0.6 is 0 Å². The number of carbonyl (C=O) groups excluding carboxylic acids is 2. The van der Waals surface area contributed by atoms with Crippen molar-refractivity contribution in [3.8, 4) is 0 Å². The fourth-order valence-corrected chi connectivity index (χ4v) is 7.41. The van der Waals surface area contributed by atoms with Crippen molar-refractivity contribution in [1.29, 1.82) is 0 Å². The topological polar surface area (TPSA) is 61.8 Å². The molecule has 0 aromatic rings. The minimum Gasteiger partial charge on any atom is -0.462 e. The normalized spacial score (nSPS) is 12.4. The minimum atomic E-state index is -0.532. The molecule has 0 fully saturated rings. The van der Waals surface area contributed by atoms with Crippen LogP contribution in [0.1, 0.15) is 265 Å². The van der Waals surface area contributed by atoms with Crippen molar-refractivity contribution >= 4 is 11.9 Å². The SMILES string of the molecule is CC/C=C\C/C=C\C/C=C\CCCCCCCCCC(=O)OCC(COCCCCCCCCCCCCCCCCCC)OC(=O)CCCCCCCCCCC. The predicted octanol–water partition coefficient (Wildman–Crippen LogP) is 17.0. The van der Waals surface area contributed by atoms with E-state index in [9.17, 15) is 9.59 Å². The molecule has 0 spiro atoms. The molecule has 0 rings (SSSR count). The Balaban J connectivity index is 4.16. The van der Waals surface area contributed by atoms with Gasteiger partial charge in [0, 0.05) is 19.4 Å². The second-order valence-electron chi connectivity index (χ2n) is 17.1. The van der Waals surface area contributed by atoms with Gasteiger partial charge in [0.15, 0.2) is 6.10 Å². The van der Waals surface area contributed by atoms with Gasteiger partial charge in [-0.2, -0.15) is 0 Å². The molecular formula is C53H98O5. The van der Waals surface area contributed by atoms with Crippen molar-refractivity contribution in [3.63, 3.8) is 0 Å². The largest absolute Gasteiger partial charge is 0.462 e. The van der Waals surface area contributed by atoms with E-state index in [1.807, 2.05) is 0 Å². The van der Waals surface area contributed by atoms with Gasteiger partial charge < -0.3 is 14.2 Å². The van der Waals surface area contributed by atoms with Gasteiger partial charge in [-0.15, -0.1) is 0 Å². The van der Waals surface area contributed by atoms with Gasteiger partial charge in [-0.05, 0) is 51.4 Å². The summed E-state index contributed by atoms with van der Waals surface area (Å²) in [4.78, 5) is 25.3. The summed E-state index contributed by atoms with van der Waals surface area (Å²) in [5.74, 6) is -0.397. The zero-order chi connectivity index (χ0) is 42.1. The fraction of sp³-hybridized carbons (Fsp3) is 0.849. The van der Waals surface area contributed by atoms with Crippen LogP contribution < -0.4 is 0 Å². The van der Waals surface area contributed by atoms with Crippen LogP contribution in [0.3, 0.4) is 0 Å². The summed E-state index contributed by atoms with van der Waals surface area (Å²) in [6.45, 7) is 7.74. The third-order valence-electron chi connectivity index (χ3n) is 11.2. The van der Waals surface area contributed by atoms with E-state index in [1.54, 1.807) is 0 Å². The summed E-state index contributed by atoms with van der Waals surface area (Å²) in [6, 6.07) is 0. The van der Waals surface area contributed by atoms with Crippen molar-refractivity contribution < 1.29 is 23.8 Å². The highest BCUT2D eigenvalue weighted by molar-refractivity contribution is 5.70. The Kier molecular flexibility index (Phi) is 47.9. The molecule has 0 saturated carbocycles. The zero-order valence-corrected chi connectivity index (χ0v) is 39.1. The zero-order valence-electron chi connectivity index (χ0n) is 39.1. The summed E-state index contributed by atoms with van der Waals surface area (Å²) in [7, 11) is 0. The highest BCUT2D eigenvalue weighted by Gasteiger charge is 2.17. The smallest absolute Gasteiger partial charge is 0.306 e. The molecule has 0 amide bonds. The molecule has 0 aromatic carbocycles. The summed E-state index contributed by atoms with van der Waals surface area (Å²) >= 11 is 0. The number of unbranched alkanes of at least 4 members (excludes halogenated alkanes) is 30. The lowest BCUT2D eigenvalue weighted by Crippen LogP contribution is -2.30. The van der Waals surface area contributed by atoms with E-state index < -0.39 is 6.10 Å². The third-order valence-corrected chi connectivity index (χ3v) is 11.2. The Morgan fingerprint density at radius 2 is 0.776 bits per heavy atom. The monoisotopic (exact) mass is 815 g/mol. The second kappa shape index (κ2) is 49.5.